The number of benzene rings is 1. The number of aryl methyl sites for hydroxylation is 1. The van der Waals surface area contributed by atoms with Crippen LogP contribution in [0.1, 0.15) is 5.56 Å². The summed E-state index contributed by atoms with van der Waals surface area (Å²) >= 11 is 0. The minimum absolute atomic E-state index is 0.0217. The maximum absolute atomic E-state index is 10.6. The quantitative estimate of drug-likeness (QED) is 0.440. The number of non-ortho nitro benzene ring substituents is 1. The van der Waals surface area contributed by atoms with Crippen LogP contribution < -0.4 is 10.5 Å². The minimum Gasteiger partial charge on any atom is -0.491 e. The van der Waals surface area contributed by atoms with Gasteiger partial charge in [0.15, 0.2) is 0 Å². The second-order valence-corrected chi connectivity index (χ2v) is 3.46. The van der Waals surface area contributed by atoms with Gasteiger partial charge in [0.05, 0.1) is 24.2 Å². The van der Waals surface area contributed by atoms with Crippen LogP contribution in [-0.4, -0.2) is 31.3 Å². The summed E-state index contributed by atoms with van der Waals surface area (Å²) in [6.07, 6.45) is 0. The standard InChI is InChI=1S/C11H16N2O4/c1-9-2-3-10(13(14)15)8-11(9)17-7-6-16-5-4-12/h2-3,8H,4-7,12H2,1H3. The molecule has 0 bridgehead atoms. The Labute approximate surface area is 99.5 Å². The number of nitrogens with zero attached hydrogens (tertiary/aromatic N) is 1. The summed E-state index contributed by atoms with van der Waals surface area (Å²) in [5.74, 6) is 0.510. The van der Waals surface area contributed by atoms with Gasteiger partial charge in [-0.15, -0.1) is 0 Å². The van der Waals surface area contributed by atoms with Crippen LogP contribution in [0.5, 0.6) is 5.75 Å². The lowest BCUT2D eigenvalue weighted by atomic mass is 10.2. The lowest BCUT2D eigenvalue weighted by Crippen LogP contribution is -2.13. The normalized spacial score (nSPS) is 10.2. The third-order valence-corrected chi connectivity index (χ3v) is 2.13. The number of nitro benzene ring substituents is 1. The first-order valence-corrected chi connectivity index (χ1v) is 5.31. The Hall–Kier alpha value is -1.66. The molecular formula is C11H16N2O4. The molecule has 0 atom stereocenters. The van der Waals surface area contributed by atoms with E-state index in [1.807, 2.05) is 6.92 Å². The average Bonchev–Trinajstić information content (AvgIpc) is 2.30. The molecule has 1 aromatic carbocycles. The van der Waals surface area contributed by atoms with Crippen molar-refractivity contribution in [3.05, 3.63) is 33.9 Å². The SMILES string of the molecule is Cc1ccc([N+](=O)[O-])cc1OCCOCCN. The first-order valence-electron chi connectivity index (χ1n) is 5.31. The van der Waals surface area contributed by atoms with Crippen molar-refractivity contribution in [3.8, 4) is 5.75 Å². The van der Waals surface area contributed by atoms with Crippen LogP contribution in [0.15, 0.2) is 18.2 Å². The Morgan fingerprint density at radius 3 is 2.76 bits per heavy atom. The Kier molecular flexibility index (Phi) is 5.38. The first kappa shape index (κ1) is 13.4. The summed E-state index contributed by atoms with van der Waals surface area (Å²) in [5.41, 5.74) is 6.14. The van der Waals surface area contributed by atoms with E-state index in [1.165, 1.54) is 12.1 Å². The van der Waals surface area contributed by atoms with Gasteiger partial charge in [-0.2, -0.15) is 0 Å². The first-order chi connectivity index (χ1) is 8.15. The van der Waals surface area contributed by atoms with E-state index in [9.17, 15) is 10.1 Å². The molecule has 0 unspecified atom stereocenters. The van der Waals surface area contributed by atoms with Gasteiger partial charge >= 0.3 is 0 Å². The zero-order chi connectivity index (χ0) is 12.7. The van der Waals surface area contributed by atoms with Gasteiger partial charge in [-0.3, -0.25) is 10.1 Å². The van der Waals surface area contributed by atoms with Crippen LogP contribution in [0.2, 0.25) is 0 Å². The van der Waals surface area contributed by atoms with Crippen molar-refractivity contribution in [2.24, 2.45) is 5.73 Å². The van der Waals surface area contributed by atoms with Gasteiger partial charge in [-0.05, 0) is 18.6 Å². The van der Waals surface area contributed by atoms with Crippen molar-refractivity contribution in [3.63, 3.8) is 0 Å². The van der Waals surface area contributed by atoms with Gasteiger partial charge in [0.25, 0.3) is 5.69 Å². The summed E-state index contributed by atoms with van der Waals surface area (Å²) in [5, 5.41) is 10.6. The molecule has 1 aromatic rings. The zero-order valence-corrected chi connectivity index (χ0v) is 9.72. The molecule has 0 aliphatic carbocycles. The molecule has 0 aromatic heterocycles. The van der Waals surface area contributed by atoms with Crippen LogP contribution in [0.25, 0.3) is 0 Å². The van der Waals surface area contributed by atoms with E-state index in [-0.39, 0.29) is 5.69 Å². The summed E-state index contributed by atoms with van der Waals surface area (Å²) in [6.45, 7) is 3.55. The van der Waals surface area contributed by atoms with Crippen LogP contribution in [0.4, 0.5) is 5.69 Å². The van der Waals surface area contributed by atoms with Gasteiger partial charge < -0.3 is 15.2 Å². The highest BCUT2D eigenvalue weighted by atomic mass is 16.6. The lowest BCUT2D eigenvalue weighted by Gasteiger charge is -2.08. The van der Waals surface area contributed by atoms with E-state index in [4.69, 9.17) is 15.2 Å². The van der Waals surface area contributed by atoms with E-state index < -0.39 is 4.92 Å². The van der Waals surface area contributed by atoms with Crippen LogP contribution in [0, 0.1) is 17.0 Å². The Morgan fingerprint density at radius 1 is 1.35 bits per heavy atom. The highest BCUT2D eigenvalue weighted by Gasteiger charge is 2.09. The zero-order valence-electron chi connectivity index (χ0n) is 9.72. The molecule has 17 heavy (non-hydrogen) atoms. The number of rotatable bonds is 7. The molecule has 94 valence electrons. The van der Waals surface area contributed by atoms with E-state index >= 15 is 0 Å². The van der Waals surface area contributed by atoms with Gasteiger partial charge in [0.1, 0.15) is 12.4 Å². The molecule has 0 radical (unpaired) electrons. The predicted molar refractivity (Wildman–Crippen MR) is 63.2 cm³/mol. The molecule has 1 rings (SSSR count). The van der Waals surface area contributed by atoms with Crippen molar-refractivity contribution in [1.82, 2.24) is 0 Å². The Morgan fingerprint density at radius 2 is 2.12 bits per heavy atom. The fraction of sp³-hybridized carbons (Fsp3) is 0.455. The largest absolute Gasteiger partial charge is 0.491 e. The molecule has 0 heterocycles. The van der Waals surface area contributed by atoms with Gasteiger partial charge in [0, 0.05) is 12.6 Å². The predicted octanol–water partition coefficient (Wildman–Crippen LogP) is 1.26. The molecule has 0 saturated heterocycles. The third kappa shape index (κ3) is 4.38. The van der Waals surface area contributed by atoms with Gasteiger partial charge in [0.2, 0.25) is 0 Å². The highest BCUT2D eigenvalue weighted by Crippen LogP contribution is 2.23. The van der Waals surface area contributed by atoms with E-state index in [2.05, 4.69) is 0 Å². The van der Waals surface area contributed by atoms with E-state index in [1.54, 1.807) is 6.07 Å². The fourth-order valence-corrected chi connectivity index (χ4v) is 1.25. The van der Waals surface area contributed by atoms with Crippen LogP contribution in [0.3, 0.4) is 0 Å². The van der Waals surface area contributed by atoms with Crippen molar-refractivity contribution in [2.45, 2.75) is 6.92 Å². The molecule has 0 aliphatic heterocycles. The maximum Gasteiger partial charge on any atom is 0.273 e. The topological polar surface area (TPSA) is 87.6 Å². The van der Waals surface area contributed by atoms with E-state index in [0.29, 0.717) is 32.1 Å². The third-order valence-electron chi connectivity index (χ3n) is 2.13. The second-order valence-electron chi connectivity index (χ2n) is 3.46. The number of nitro groups is 1. The number of ether oxygens (including phenoxy) is 2. The molecular weight excluding hydrogens is 224 g/mol. The monoisotopic (exact) mass is 240 g/mol. The molecule has 2 N–H and O–H groups in total. The fourth-order valence-electron chi connectivity index (χ4n) is 1.25. The minimum atomic E-state index is -0.447. The Bertz CT molecular complexity index is 382. The summed E-state index contributed by atoms with van der Waals surface area (Å²) in [6, 6.07) is 4.53. The number of hydrogen-bond donors (Lipinski definition) is 1. The van der Waals surface area contributed by atoms with Crippen molar-refractivity contribution in [1.29, 1.82) is 0 Å². The number of hydrogen-bond acceptors (Lipinski definition) is 5. The maximum atomic E-state index is 10.6. The van der Waals surface area contributed by atoms with E-state index in [0.717, 1.165) is 5.56 Å². The molecule has 6 nitrogen and oxygen atoms in total. The Balaban J connectivity index is 2.51. The molecule has 0 fully saturated rings. The highest BCUT2D eigenvalue weighted by molar-refractivity contribution is 5.43. The molecule has 0 spiro atoms. The average molecular weight is 240 g/mol. The molecule has 0 aliphatic rings. The molecule has 0 amide bonds. The van der Waals surface area contributed by atoms with Gasteiger partial charge in [-0.1, -0.05) is 0 Å². The van der Waals surface area contributed by atoms with Crippen LogP contribution in [-0.2, 0) is 4.74 Å². The molecule has 0 saturated carbocycles. The van der Waals surface area contributed by atoms with Crippen LogP contribution >= 0.6 is 0 Å². The smallest absolute Gasteiger partial charge is 0.273 e. The summed E-state index contributed by atoms with van der Waals surface area (Å²) in [7, 11) is 0. The van der Waals surface area contributed by atoms with Crippen molar-refractivity contribution < 1.29 is 14.4 Å². The van der Waals surface area contributed by atoms with Crippen molar-refractivity contribution >= 4 is 5.69 Å². The summed E-state index contributed by atoms with van der Waals surface area (Å²) in [4.78, 5) is 10.1. The second kappa shape index (κ2) is 6.82. The van der Waals surface area contributed by atoms with Crippen molar-refractivity contribution in [2.75, 3.05) is 26.4 Å². The lowest BCUT2D eigenvalue weighted by molar-refractivity contribution is -0.384. The molecule has 6 heteroatoms. The van der Waals surface area contributed by atoms with Gasteiger partial charge in [-0.25, -0.2) is 0 Å². The number of nitrogens with two attached hydrogens (primary N) is 1. The summed E-state index contributed by atoms with van der Waals surface area (Å²) < 4.78 is 10.5.